The average molecular weight is 312 g/mol. The van der Waals surface area contributed by atoms with Crippen molar-refractivity contribution in [1.82, 2.24) is 0 Å². The molecule has 0 bridgehead atoms. The summed E-state index contributed by atoms with van der Waals surface area (Å²) in [6, 6.07) is 5.09. The van der Waals surface area contributed by atoms with Crippen molar-refractivity contribution in [2.24, 2.45) is 10.9 Å². The van der Waals surface area contributed by atoms with Gasteiger partial charge < -0.3 is 14.8 Å². The zero-order valence-corrected chi connectivity index (χ0v) is 12.0. The summed E-state index contributed by atoms with van der Waals surface area (Å²) in [6.45, 7) is 0. The first-order chi connectivity index (χ1) is 10.1. The lowest BCUT2D eigenvalue weighted by atomic mass is 10.1. The molecule has 21 heavy (non-hydrogen) atoms. The molecule has 3 aliphatic rings. The summed E-state index contributed by atoms with van der Waals surface area (Å²) < 4.78 is 34.8. The molecule has 1 aliphatic carbocycles. The minimum absolute atomic E-state index is 0.0464. The topological polar surface area (TPSA) is 42.8 Å². The van der Waals surface area contributed by atoms with Gasteiger partial charge in [0.15, 0.2) is 16.7 Å². The molecule has 0 amide bonds. The van der Waals surface area contributed by atoms with Crippen LogP contribution in [0.2, 0.25) is 0 Å². The lowest BCUT2D eigenvalue weighted by Crippen LogP contribution is -2.26. The smallest absolute Gasteiger partial charge is 0.395 e. The number of amidine groups is 1. The normalized spacial score (nSPS) is 29.0. The highest BCUT2D eigenvalue weighted by Crippen LogP contribution is 2.42. The number of nitrogens with one attached hydrogen (secondary N) is 1. The third-order valence-corrected chi connectivity index (χ3v) is 5.06. The van der Waals surface area contributed by atoms with E-state index in [4.69, 9.17) is 4.99 Å². The zero-order chi connectivity index (χ0) is 14.4. The predicted octanol–water partition coefficient (Wildman–Crippen LogP) is 3.69. The number of anilines is 1. The molecule has 7 heteroatoms. The summed E-state index contributed by atoms with van der Waals surface area (Å²) >= 11 is 1.69. The van der Waals surface area contributed by atoms with Gasteiger partial charge in [0.05, 0.1) is 6.04 Å². The molecule has 0 saturated heterocycles. The first kappa shape index (κ1) is 13.2. The fraction of sp³-hybridized carbons (Fsp3) is 0.500. The maximum Gasteiger partial charge on any atom is 0.586 e. The number of rotatable bonds is 1. The molecule has 112 valence electrons. The Hall–Kier alpha value is -1.50. The van der Waals surface area contributed by atoms with Crippen molar-refractivity contribution in [3.8, 4) is 11.5 Å². The van der Waals surface area contributed by atoms with Crippen LogP contribution in [-0.4, -0.2) is 23.3 Å². The monoisotopic (exact) mass is 312 g/mol. The molecule has 1 aromatic rings. The average Bonchev–Trinajstić information content (AvgIpc) is 2.99. The number of alkyl halides is 2. The number of hydrogen-bond acceptors (Lipinski definition) is 5. The first-order valence-corrected chi connectivity index (χ1v) is 7.95. The molecule has 2 unspecified atom stereocenters. The van der Waals surface area contributed by atoms with E-state index in [1.807, 2.05) is 0 Å². The molecule has 2 aliphatic heterocycles. The largest absolute Gasteiger partial charge is 0.586 e. The van der Waals surface area contributed by atoms with Crippen molar-refractivity contribution in [1.29, 1.82) is 0 Å². The molecule has 1 fully saturated rings. The van der Waals surface area contributed by atoms with Crippen LogP contribution >= 0.6 is 11.8 Å². The first-order valence-electron chi connectivity index (χ1n) is 6.97. The summed E-state index contributed by atoms with van der Waals surface area (Å²) in [5.41, 5.74) is 0.678. The van der Waals surface area contributed by atoms with E-state index in [9.17, 15) is 8.78 Å². The molecule has 0 aromatic heterocycles. The van der Waals surface area contributed by atoms with Gasteiger partial charge in [-0.05, 0) is 30.9 Å². The number of nitrogens with zero attached hydrogens (tertiary/aromatic N) is 1. The highest BCUT2D eigenvalue weighted by atomic mass is 32.2. The Labute approximate surface area is 124 Å². The SMILES string of the molecule is FC1(F)Oc2ccc(NC3=NC4CCCC4CS3)cc2O1. The molecule has 2 heterocycles. The maximum absolute atomic E-state index is 13.0. The van der Waals surface area contributed by atoms with E-state index in [0.717, 1.165) is 17.3 Å². The van der Waals surface area contributed by atoms with Crippen LogP contribution < -0.4 is 14.8 Å². The van der Waals surface area contributed by atoms with Crippen molar-refractivity contribution in [2.75, 3.05) is 11.1 Å². The van der Waals surface area contributed by atoms with Gasteiger partial charge in [-0.1, -0.05) is 18.2 Å². The zero-order valence-electron chi connectivity index (χ0n) is 11.1. The third-order valence-electron chi connectivity index (χ3n) is 3.99. The molecular weight excluding hydrogens is 298 g/mol. The van der Waals surface area contributed by atoms with Gasteiger partial charge in [0.25, 0.3) is 0 Å². The second-order valence-electron chi connectivity index (χ2n) is 5.46. The van der Waals surface area contributed by atoms with Crippen molar-refractivity contribution >= 4 is 22.6 Å². The Kier molecular flexibility index (Phi) is 2.99. The Morgan fingerprint density at radius 2 is 2.10 bits per heavy atom. The Balaban J connectivity index is 1.51. The van der Waals surface area contributed by atoms with Gasteiger partial charge in [-0.2, -0.15) is 0 Å². The van der Waals surface area contributed by atoms with E-state index >= 15 is 0 Å². The number of aliphatic imine (C=N–C) groups is 1. The van der Waals surface area contributed by atoms with E-state index in [1.54, 1.807) is 17.8 Å². The second-order valence-corrected chi connectivity index (χ2v) is 6.47. The third kappa shape index (κ3) is 2.54. The number of fused-ring (bicyclic) bond motifs is 2. The van der Waals surface area contributed by atoms with Crippen molar-refractivity contribution in [3.05, 3.63) is 18.2 Å². The highest BCUT2D eigenvalue weighted by molar-refractivity contribution is 8.14. The molecular formula is C14H14F2N2O2S. The summed E-state index contributed by atoms with van der Waals surface area (Å²) in [5, 5.41) is 4.03. The lowest BCUT2D eigenvalue weighted by molar-refractivity contribution is -0.286. The Morgan fingerprint density at radius 3 is 3.00 bits per heavy atom. The van der Waals surface area contributed by atoms with Gasteiger partial charge in [0, 0.05) is 17.5 Å². The minimum atomic E-state index is -3.57. The van der Waals surface area contributed by atoms with Crippen molar-refractivity contribution < 1.29 is 18.3 Å². The summed E-state index contributed by atoms with van der Waals surface area (Å²) in [6.07, 6.45) is 0.0677. The van der Waals surface area contributed by atoms with Crippen LogP contribution in [0.5, 0.6) is 11.5 Å². The van der Waals surface area contributed by atoms with Crippen LogP contribution in [0.25, 0.3) is 0 Å². The van der Waals surface area contributed by atoms with Gasteiger partial charge in [-0.3, -0.25) is 4.99 Å². The van der Waals surface area contributed by atoms with Gasteiger partial charge in [0.1, 0.15) is 0 Å². The molecule has 1 N–H and O–H groups in total. The molecule has 1 saturated carbocycles. The quantitative estimate of drug-likeness (QED) is 0.859. The van der Waals surface area contributed by atoms with Crippen LogP contribution in [0.15, 0.2) is 23.2 Å². The molecule has 2 atom stereocenters. The van der Waals surface area contributed by atoms with Gasteiger partial charge in [0.2, 0.25) is 0 Å². The van der Waals surface area contributed by atoms with Crippen LogP contribution in [0.1, 0.15) is 19.3 Å². The fourth-order valence-corrected chi connectivity index (χ4v) is 4.13. The Bertz CT molecular complexity index is 609. The van der Waals surface area contributed by atoms with E-state index in [-0.39, 0.29) is 11.5 Å². The molecule has 1 aromatic carbocycles. The molecule has 4 nitrogen and oxygen atoms in total. The number of benzene rings is 1. The van der Waals surface area contributed by atoms with Gasteiger partial charge in [-0.15, -0.1) is 8.78 Å². The van der Waals surface area contributed by atoms with Crippen molar-refractivity contribution in [3.63, 3.8) is 0 Å². The van der Waals surface area contributed by atoms with Crippen LogP contribution in [0.4, 0.5) is 14.5 Å². The lowest BCUT2D eigenvalue weighted by Gasteiger charge is -2.23. The summed E-state index contributed by atoms with van der Waals surface area (Å²) in [4.78, 5) is 4.71. The Morgan fingerprint density at radius 1 is 1.24 bits per heavy atom. The number of thioether (sulfide) groups is 1. The second kappa shape index (κ2) is 4.76. The van der Waals surface area contributed by atoms with Gasteiger partial charge >= 0.3 is 6.29 Å². The molecule has 4 rings (SSSR count). The van der Waals surface area contributed by atoms with Crippen molar-refractivity contribution in [2.45, 2.75) is 31.6 Å². The van der Waals surface area contributed by atoms with Gasteiger partial charge in [-0.25, -0.2) is 0 Å². The fourth-order valence-electron chi connectivity index (χ4n) is 2.97. The van der Waals surface area contributed by atoms with Crippen LogP contribution in [0.3, 0.4) is 0 Å². The number of hydrogen-bond donors (Lipinski definition) is 1. The van der Waals surface area contributed by atoms with E-state index < -0.39 is 6.29 Å². The maximum atomic E-state index is 13.0. The van der Waals surface area contributed by atoms with E-state index in [0.29, 0.717) is 17.6 Å². The standard InChI is InChI=1S/C14H14F2N2O2S/c15-14(16)19-11-5-4-9(6-12(11)20-14)17-13-18-10-3-1-2-8(10)7-21-13/h4-6,8,10H,1-3,7H2,(H,17,18). The minimum Gasteiger partial charge on any atom is -0.395 e. The molecule has 0 radical (unpaired) electrons. The summed E-state index contributed by atoms with van der Waals surface area (Å²) in [7, 11) is 0. The van der Waals surface area contributed by atoms with E-state index in [1.165, 1.54) is 25.0 Å². The highest BCUT2D eigenvalue weighted by Gasteiger charge is 2.43. The van der Waals surface area contributed by atoms with E-state index in [2.05, 4.69) is 14.8 Å². The number of halogens is 2. The van der Waals surface area contributed by atoms with Crippen LogP contribution in [0, 0.1) is 5.92 Å². The van der Waals surface area contributed by atoms with Crippen LogP contribution in [-0.2, 0) is 0 Å². The summed E-state index contributed by atoms with van der Waals surface area (Å²) in [5.74, 6) is 1.86. The predicted molar refractivity (Wildman–Crippen MR) is 77.3 cm³/mol. The molecule has 0 spiro atoms. The number of ether oxygens (including phenoxy) is 2.